The van der Waals surface area contributed by atoms with Crippen molar-refractivity contribution < 1.29 is 9.59 Å². The smallest absolute Gasteiger partial charge is 0.225 e. The van der Waals surface area contributed by atoms with Gasteiger partial charge in [-0.3, -0.25) is 9.59 Å². The molecule has 0 radical (unpaired) electrons. The van der Waals surface area contributed by atoms with Crippen molar-refractivity contribution in [3.63, 3.8) is 0 Å². The number of nitrogens with two attached hydrogens (primary N) is 1. The Balaban J connectivity index is 1.80. The van der Waals surface area contributed by atoms with Crippen molar-refractivity contribution in [1.29, 1.82) is 0 Å². The zero-order valence-corrected chi connectivity index (χ0v) is 11.8. The molecule has 20 heavy (non-hydrogen) atoms. The predicted molar refractivity (Wildman–Crippen MR) is 73.4 cm³/mol. The van der Waals surface area contributed by atoms with Gasteiger partial charge in [-0.2, -0.15) is 10.2 Å². The number of carbonyl (C=O) groups is 2. The van der Waals surface area contributed by atoms with E-state index in [1.165, 1.54) is 0 Å². The number of hydrogen-bond donors (Lipinski definition) is 1. The molecule has 0 aromatic rings. The van der Waals surface area contributed by atoms with Crippen LogP contribution >= 0.6 is 0 Å². The Kier molecular flexibility index (Phi) is 3.80. The van der Waals surface area contributed by atoms with Gasteiger partial charge < -0.3 is 10.6 Å². The standard InChI is InChI=1S/C14H20N4O2/c1-3-4-6-14(16-17-14)7-5-11(19)18-9-8-13(2,10-18)12(15)20/h1H,4-10H2,2H3,(H2,15,20)/t13-/m0/s1. The number of carbonyl (C=O) groups excluding carboxylic acids is 2. The lowest BCUT2D eigenvalue weighted by molar-refractivity contribution is -0.131. The molecule has 1 saturated heterocycles. The summed E-state index contributed by atoms with van der Waals surface area (Å²) in [5.74, 6) is 2.26. The fourth-order valence-electron chi connectivity index (χ4n) is 2.51. The first-order valence-corrected chi connectivity index (χ1v) is 6.86. The molecule has 2 aliphatic heterocycles. The average molecular weight is 276 g/mol. The number of primary amides is 1. The van der Waals surface area contributed by atoms with Gasteiger partial charge in [-0.25, -0.2) is 0 Å². The van der Waals surface area contributed by atoms with Gasteiger partial charge in [0.05, 0.1) is 5.41 Å². The Hall–Kier alpha value is -1.90. The van der Waals surface area contributed by atoms with E-state index in [2.05, 4.69) is 16.1 Å². The minimum absolute atomic E-state index is 0.0346. The number of nitrogens with zero attached hydrogens (tertiary/aromatic N) is 3. The first-order chi connectivity index (χ1) is 9.41. The highest BCUT2D eigenvalue weighted by atomic mass is 16.2. The van der Waals surface area contributed by atoms with Crippen LogP contribution in [0, 0.1) is 17.8 Å². The quantitative estimate of drug-likeness (QED) is 0.735. The van der Waals surface area contributed by atoms with Gasteiger partial charge in [-0.15, -0.1) is 12.3 Å². The van der Waals surface area contributed by atoms with Crippen LogP contribution in [0.25, 0.3) is 0 Å². The summed E-state index contributed by atoms with van der Waals surface area (Å²) in [7, 11) is 0. The van der Waals surface area contributed by atoms with Gasteiger partial charge in [0, 0.05) is 38.8 Å². The molecule has 0 spiro atoms. The predicted octanol–water partition coefficient (Wildman–Crippen LogP) is 1.07. The second kappa shape index (κ2) is 5.23. The summed E-state index contributed by atoms with van der Waals surface area (Å²) in [5, 5.41) is 8.02. The Morgan fingerprint density at radius 3 is 2.60 bits per heavy atom. The van der Waals surface area contributed by atoms with E-state index >= 15 is 0 Å². The fraction of sp³-hybridized carbons (Fsp3) is 0.714. The van der Waals surface area contributed by atoms with Crippen LogP contribution in [-0.2, 0) is 9.59 Å². The molecule has 108 valence electrons. The summed E-state index contributed by atoms with van der Waals surface area (Å²) in [5.41, 5.74) is 4.36. The highest BCUT2D eigenvalue weighted by Crippen LogP contribution is 2.38. The SMILES string of the molecule is C#CCCC1(CCC(=O)N2CC[C@](C)(C(N)=O)C2)N=N1. The van der Waals surface area contributed by atoms with Crippen LogP contribution in [-0.4, -0.2) is 35.5 Å². The average Bonchev–Trinajstić information content (AvgIpc) is 3.08. The van der Waals surface area contributed by atoms with Crippen molar-refractivity contribution in [1.82, 2.24) is 4.90 Å². The molecular formula is C14H20N4O2. The normalized spacial score (nSPS) is 26.3. The molecule has 2 amide bonds. The van der Waals surface area contributed by atoms with Crippen molar-refractivity contribution in [3.8, 4) is 12.3 Å². The van der Waals surface area contributed by atoms with Crippen LogP contribution < -0.4 is 5.73 Å². The molecule has 0 aromatic heterocycles. The second-order valence-corrected chi connectivity index (χ2v) is 5.88. The molecule has 2 rings (SSSR count). The van der Waals surface area contributed by atoms with Crippen LogP contribution in [0.4, 0.5) is 0 Å². The summed E-state index contributed by atoms with van der Waals surface area (Å²) >= 11 is 0. The number of hydrogen-bond acceptors (Lipinski definition) is 4. The molecule has 2 N–H and O–H groups in total. The van der Waals surface area contributed by atoms with E-state index in [9.17, 15) is 9.59 Å². The zero-order valence-electron chi connectivity index (χ0n) is 11.8. The van der Waals surface area contributed by atoms with Gasteiger partial charge in [0.25, 0.3) is 0 Å². The molecule has 1 fully saturated rings. The summed E-state index contributed by atoms with van der Waals surface area (Å²) in [6.45, 7) is 2.80. The highest BCUT2D eigenvalue weighted by molar-refractivity contribution is 5.83. The summed E-state index contributed by atoms with van der Waals surface area (Å²) in [4.78, 5) is 25.2. The van der Waals surface area contributed by atoms with Crippen molar-refractivity contribution in [2.75, 3.05) is 13.1 Å². The van der Waals surface area contributed by atoms with E-state index in [0.717, 1.165) is 0 Å². The van der Waals surface area contributed by atoms with E-state index in [4.69, 9.17) is 12.2 Å². The Labute approximate surface area is 118 Å². The van der Waals surface area contributed by atoms with Crippen LogP contribution in [0.15, 0.2) is 10.2 Å². The number of rotatable bonds is 6. The maximum atomic E-state index is 12.2. The topological polar surface area (TPSA) is 88.1 Å². The molecule has 6 heteroatoms. The fourth-order valence-corrected chi connectivity index (χ4v) is 2.51. The van der Waals surface area contributed by atoms with E-state index < -0.39 is 11.1 Å². The minimum Gasteiger partial charge on any atom is -0.369 e. The van der Waals surface area contributed by atoms with E-state index in [1.807, 2.05) is 6.92 Å². The van der Waals surface area contributed by atoms with E-state index in [0.29, 0.717) is 45.2 Å². The molecule has 0 aromatic carbocycles. The third-order valence-corrected chi connectivity index (χ3v) is 4.21. The molecule has 0 unspecified atom stereocenters. The third-order valence-electron chi connectivity index (χ3n) is 4.21. The number of amides is 2. The number of likely N-dealkylation sites (tertiary alicyclic amines) is 1. The third kappa shape index (κ3) is 2.98. The van der Waals surface area contributed by atoms with Gasteiger partial charge in [0.2, 0.25) is 11.8 Å². The van der Waals surface area contributed by atoms with Gasteiger partial charge in [0.1, 0.15) is 0 Å². The van der Waals surface area contributed by atoms with Crippen molar-refractivity contribution in [2.45, 2.75) is 44.7 Å². The van der Waals surface area contributed by atoms with E-state index in [-0.39, 0.29) is 11.8 Å². The molecule has 0 bridgehead atoms. The van der Waals surface area contributed by atoms with Crippen LogP contribution in [0.1, 0.15) is 39.0 Å². The van der Waals surface area contributed by atoms with Gasteiger partial charge in [-0.1, -0.05) is 0 Å². The Morgan fingerprint density at radius 1 is 1.40 bits per heavy atom. The van der Waals surface area contributed by atoms with Gasteiger partial charge >= 0.3 is 0 Å². The van der Waals surface area contributed by atoms with Gasteiger partial charge in [-0.05, 0) is 13.3 Å². The lowest BCUT2D eigenvalue weighted by Crippen LogP contribution is -2.38. The molecule has 0 aliphatic carbocycles. The molecular weight excluding hydrogens is 256 g/mol. The maximum Gasteiger partial charge on any atom is 0.225 e. The maximum absolute atomic E-state index is 12.2. The minimum atomic E-state index is -0.592. The van der Waals surface area contributed by atoms with Crippen molar-refractivity contribution in [3.05, 3.63) is 0 Å². The summed E-state index contributed by atoms with van der Waals surface area (Å²) in [6, 6.07) is 0. The molecule has 1 atom stereocenters. The van der Waals surface area contributed by atoms with Gasteiger partial charge in [0.15, 0.2) is 5.66 Å². The lowest BCUT2D eigenvalue weighted by atomic mass is 9.89. The number of terminal acetylenes is 1. The largest absolute Gasteiger partial charge is 0.369 e. The van der Waals surface area contributed by atoms with Crippen LogP contribution in [0.2, 0.25) is 0 Å². The summed E-state index contributed by atoms with van der Waals surface area (Å²) in [6.07, 6.45) is 8.15. The van der Waals surface area contributed by atoms with Crippen molar-refractivity contribution >= 4 is 11.8 Å². The molecule has 0 saturated carbocycles. The second-order valence-electron chi connectivity index (χ2n) is 5.88. The Bertz CT molecular complexity index is 488. The Morgan fingerprint density at radius 2 is 2.10 bits per heavy atom. The molecule has 2 aliphatic rings. The van der Waals surface area contributed by atoms with Crippen LogP contribution in [0.5, 0.6) is 0 Å². The lowest BCUT2D eigenvalue weighted by Gasteiger charge is -2.21. The van der Waals surface area contributed by atoms with Crippen LogP contribution in [0.3, 0.4) is 0 Å². The van der Waals surface area contributed by atoms with E-state index in [1.54, 1.807) is 4.90 Å². The molecule has 2 heterocycles. The zero-order chi connectivity index (χ0) is 14.8. The van der Waals surface area contributed by atoms with Crippen molar-refractivity contribution in [2.24, 2.45) is 21.4 Å². The first-order valence-electron chi connectivity index (χ1n) is 6.86. The highest BCUT2D eigenvalue weighted by Gasteiger charge is 2.43. The monoisotopic (exact) mass is 276 g/mol. The first kappa shape index (κ1) is 14.5. The summed E-state index contributed by atoms with van der Waals surface area (Å²) < 4.78 is 0. The molecule has 6 nitrogen and oxygen atoms in total.